The van der Waals surface area contributed by atoms with Gasteiger partial charge in [0.2, 0.25) is 0 Å². The highest BCUT2D eigenvalue weighted by Gasteiger charge is 2.34. The van der Waals surface area contributed by atoms with Gasteiger partial charge in [-0.1, -0.05) is 29.8 Å². The largest absolute Gasteiger partial charge is 0.274 e. The summed E-state index contributed by atoms with van der Waals surface area (Å²) in [5.41, 5.74) is 3.17. The molecule has 0 spiro atoms. The van der Waals surface area contributed by atoms with Crippen LogP contribution >= 0.6 is 0 Å². The molecule has 0 saturated carbocycles. The van der Waals surface area contributed by atoms with Crippen LogP contribution in [0.3, 0.4) is 0 Å². The summed E-state index contributed by atoms with van der Waals surface area (Å²) in [6.45, 7) is 2.43. The molecular weight excluding hydrogens is 252 g/mol. The van der Waals surface area contributed by atoms with Crippen LogP contribution in [0.25, 0.3) is 0 Å². The highest BCUT2D eigenvalue weighted by atomic mass is 16.2. The van der Waals surface area contributed by atoms with Gasteiger partial charge >= 0.3 is 0 Å². The summed E-state index contributed by atoms with van der Waals surface area (Å²) in [5.74, 6) is -0.468. The maximum Gasteiger partial charge on any atom is 0.263 e. The molecule has 1 aliphatic rings. The van der Waals surface area contributed by atoms with Crippen LogP contribution in [0.1, 0.15) is 31.8 Å². The van der Waals surface area contributed by atoms with Gasteiger partial charge in [0.1, 0.15) is 0 Å². The van der Waals surface area contributed by atoms with Gasteiger partial charge in [-0.3, -0.25) is 19.5 Å². The number of carbonyl (C=O) groups is 2. The summed E-state index contributed by atoms with van der Waals surface area (Å²) in [6, 6.07) is 9.70. The standard InChI is InChI=1S/C16H14N2O2/c1-11-2-4-12(5-3-11)7-9-18-15(19)13-6-8-17-10-14(13)16(18)20/h2-6,8,10H,7,9H2,1H3. The predicted octanol–water partition coefficient (Wildman–Crippen LogP) is 2.23. The number of aromatic nitrogens is 1. The van der Waals surface area contributed by atoms with Gasteiger partial charge in [-0.15, -0.1) is 0 Å². The van der Waals surface area contributed by atoms with E-state index in [4.69, 9.17) is 0 Å². The first-order chi connectivity index (χ1) is 9.66. The zero-order valence-electron chi connectivity index (χ0n) is 11.2. The molecule has 1 aliphatic heterocycles. The topological polar surface area (TPSA) is 50.3 Å². The minimum atomic E-state index is -0.245. The van der Waals surface area contributed by atoms with E-state index in [9.17, 15) is 9.59 Å². The lowest BCUT2D eigenvalue weighted by molar-refractivity contribution is 0.0656. The van der Waals surface area contributed by atoms with Crippen LogP contribution in [0.4, 0.5) is 0 Å². The van der Waals surface area contributed by atoms with Gasteiger partial charge < -0.3 is 0 Å². The van der Waals surface area contributed by atoms with Crippen molar-refractivity contribution < 1.29 is 9.59 Å². The van der Waals surface area contributed by atoms with E-state index < -0.39 is 0 Å². The number of hydrogen-bond acceptors (Lipinski definition) is 3. The van der Waals surface area contributed by atoms with Crippen molar-refractivity contribution in [3.05, 3.63) is 65.0 Å². The number of amides is 2. The van der Waals surface area contributed by atoms with Crippen molar-refractivity contribution in [3.8, 4) is 0 Å². The van der Waals surface area contributed by atoms with Crippen molar-refractivity contribution >= 4 is 11.8 Å². The number of pyridine rings is 1. The summed E-state index contributed by atoms with van der Waals surface area (Å²) >= 11 is 0. The summed E-state index contributed by atoms with van der Waals surface area (Å²) in [6.07, 6.45) is 3.66. The Balaban J connectivity index is 1.75. The molecule has 0 aliphatic carbocycles. The molecule has 1 aromatic heterocycles. The molecule has 100 valence electrons. The number of hydrogen-bond donors (Lipinski definition) is 0. The third-order valence-corrected chi connectivity index (χ3v) is 3.52. The molecule has 0 radical (unpaired) electrons. The fraction of sp³-hybridized carbons (Fsp3) is 0.188. The van der Waals surface area contributed by atoms with E-state index in [0.717, 1.165) is 5.56 Å². The Kier molecular flexibility index (Phi) is 3.06. The van der Waals surface area contributed by atoms with Crippen LogP contribution in [0.5, 0.6) is 0 Å². The van der Waals surface area contributed by atoms with E-state index >= 15 is 0 Å². The van der Waals surface area contributed by atoms with Gasteiger partial charge in [-0.05, 0) is 25.0 Å². The third kappa shape index (κ3) is 2.09. The highest BCUT2D eigenvalue weighted by Crippen LogP contribution is 2.21. The lowest BCUT2D eigenvalue weighted by Gasteiger charge is -2.13. The second kappa shape index (κ2) is 4.89. The molecule has 0 unspecified atom stereocenters. The Morgan fingerprint density at radius 1 is 1.00 bits per heavy atom. The fourth-order valence-corrected chi connectivity index (χ4v) is 2.33. The zero-order valence-corrected chi connectivity index (χ0v) is 11.2. The first kappa shape index (κ1) is 12.5. The van der Waals surface area contributed by atoms with Gasteiger partial charge in [-0.25, -0.2) is 0 Å². The molecule has 2 aromatic rings. The molecule has 2 heterocycles. The first-order valence-corrected chi connectivity index (χ1v) is 6.52. The van der Waals surface area contributed by atoms with Crippen molar-refractivity contribution in [1.82, 2.24) is 9.88 Å². The smallest absolute Gasteiger partial charge is 0.263 e. The van der Waals surface area contributed by atoms with E-state index in [1.807, 2.05) is 31.2 Å². The lowest BCUT2D eigenvalue weighted by atomic mass is 10.1. The Bertz CT molecular complexity index is 642. The Hall–Kier alpha value is -2.49. The van der Waals surface area contributed by atoms with E-state index in [1.54, 1.807) is 6.07 Å². The van der Waals surface area contributed by atoms with Gasteiger partial charge in [0.25, 0.3) is 11.8 Å². The number of nitrogens with zero attached hydrogens (tertiary/aromatic N) is 2. The average molecular weight is 266 g/mol. The van der Waals surface area contributed by atoms with Crippen LogP contribution in [0, 0.1) is 6.92 Å². The second-order valence-corrected chi connectivity index (χ2v) is 4.92. The SMILES string of the molecule is Cc1ccc(CCN2C(=O)c3ccncc3C2=O)cc1. The van der Waals surface area contributed by atoms with Crippen molar-refractivity contribution in [2.75, 3.05) is 6.54 Å². The van der Waals surface area contributed by atoms with Crippen molar-refractivity contribution in [1.29, 1.82) is 0 Å². The maximum atomic E-state index is 12.2. The number of carbonyl (C=O) groups excluding carboxylic acids is 2. The number of fused-ring (bicyclic) bond motifs is 1. The van der Waals surface area contributed by atoms with E-state index in [1.165, 1.54) is 22.9 Å². The van der Waals surface area contributed by atoms with Gasteiger partial charge in [0.05, 0.1) is 11.1 Å². The molecular formula is C16H14N2O2. The Morgan fingerprint density at radius 2 is 1.70 bits per heavy atom. The zero-order chi connectivity index (χ0) is 14.1. The first-order valence-electron chi connectivity index (χ1n) is 6.52. The minimum absolute atomic E-state index is 0.223. The van der Waals surface area contributed by atoms with Crippen molar-refractivity contribution in [2.24, 2.45) is 0 Å². The minimum Gasteiger partial charge on any atom is -0.274 e. The van der Waals surface area contributed by atoms with Crippen LogP contribution in [0.15, 0.2) is 42.7 Å². The molecule has 2 amide bonds. The van der Waals surface area contributed by atoms with Crippen LogP contribution < -0.4 is 0 Å². The third-order valence-electron chi connectivity index (χ3n) is 3.52. The maximum absolute atomic E-state index is 12.2. The van der Waals surface area contributed by atoms with Crippen LogP contribution in [-0.4, -0.2) is 28.2 Å². The molecule has 0 saturated heterocycles. The Morgan fingerprint density at radius 3 is 2.40 bits per heavy atom. The molecule has 20 heavy (non-hydrogen) atoms. The highest BCUT2D eigenvalue weighted by molar-refractivity contribution is 6.21. The molecule has 4 heteroatoms. The van der Waals surface area contributed by atoms with Gasteiger partial charge in [0, 0.05) is 18.9 Å². The molecule has 4 nitrogen and oxygen atoms in total. The Labute approximate surface area is 117 Å². The van der Waals surface area contributed by atoms with Crippen molar-refractivity contribution in [2.45, 2.75) is 13.3 Å². The summed E-state index contributed by atoms with van der Waals surface area (Å²) in [4.78, 5) is 29.5. The fourth-order valence-electron chi connectivity index (χ4n) is 2.33. The molecule has 0 atom stereocenters. The molecule has 3 rings (SSSR count). The number of imide groups is 1. The van der Waals surface area contributed by atoms with Crippen LogP contribution in [-0.2, 0) is 6.42 Å². The number of rotatable bonds is 3. The molecule has 1 aromatic carbocycles. The van der Waals surface area contributed by atoms with E-state index in [0.29, 0.717) is 24.1 Å². The van der Waals surface area contributed by atoms with E-state index in [2.05, 4.69) is 4.98 Å². The number of benzene rings is 1. The second-order valence-electron chi connectivity index (χ2n) is 4.92. The quantitative estimate of drug-likeness (QED) is 0.800. The molecule has 0 bridgehead atoms. The molecule has 0 fully saturated rings. The van der Waals surface area contributed by atoms with Gasteiger partial charge in [-0.2, -0.15) is 0 Å². The summed E-state index contributed by atoms with van der Waals surface area (Å²) < 4.78 is 0. The number of aryl methyl sites for hydroxylation is 1. The molecule has 0 N–H and O–H groups in total. The van der Waals surface area contributed by atoms with E-state index in [-0.39, 0.29) is 11.8 Å². The monoisotopic (exact) mass is 266 g/mol. The average Bonchev–Trinajstić information content (AvgIpc) is 2.71. The predicted molar refractivity (Wildman–Crippen MR) is 74.5 cm³/mol. The van der Waals surface area contributed by atoms with Crippen molar-refractivity contribution in [3.63, 3.8) is 0 Å². The summed E-state index contributed by atoms with van der Waals surface area (Å²) in [7, 11) is 0. The normalized spacial score (nSPS) is 13.8. The summed E-state index contributed by atoms with van der Waals surface area (Å²) in [5, 5.41) is 0. The van der Waals surface area contributed by atoms with Gasteiger partial charge in [0.15, 0.2) is 0 Å². The lowest BCUT2D eigenvalue weighted by Crippen LogP contribution is -2.31. The van der Waals surface area contributed by atoms with Crippen LogP contribution in [0.2, 0.25) is 0 Å².